The monoisotopic (exact) mass is 415 g/mol. The van der Waals surface area contributed by atoms with Crippen LogP contribution in [0.1, 0.15) is 22.7 Å². The molecule has 1 aliphatic rings. The fraction of sp³-hybridized carbons (Fsp3) is 0.227. The Hall–Kier alpha value is -4.01. The van der Waals surface area contributed by atoms with Gasteiger partial charge in [-0.3, -0.25) is 14.9 Å². The summed E-state index contributed by atoms with van der Waals surface area (Å²) in [6.45, 7) is 0.702. The molecule has 0 fully saturated rings. The highest BCUT2D eigenvalue weighted by molar-refractivity contribution is 5.98. The molecule has 0 bridgehead atoms. The van der Waals surface area contributed by atoms with Crippen molar-refractivity contribution in [1.82, 2.24) is 35.3 Å². The number of rotatable bonds is 5. The summed E-state index contributed by atoms with van der Waals surface area (Å²) in [5.74, 6) is 2.02. The van der Waals surface area contributed by atoms with E-state index in [1.54, 1.807) is 31.6 Å². The number of aryl methyl sites for hydroxylation is 1. The van der Waals surface area contributed by atoms with Crippen LogP contribution in [0.2, 0.25) is 0 Å². The molecule has 4 aromatic rings. The van der Waals surface area contributed by atoms with E-state index in [-0.39, 0.29) is 11.9 Å². The van der Waals surface area contributed by atoms with Crippen molar-refractivity contribution >= 4 is 5.91 Å². The third-order valence-electron chi connectivity index (χ3n) is 5.34. The first kappa shape index (κ1) is 19.0. The van der Waals surface area contributed by atoms with Gasteiger partial charge in [-0.05, 0) is 12.5 Å². The molecule has 31 heavy (non-hydrogen) atoms. The number of nitrogens with zero attached hydrogens (tertiary/aromatic N) is 5. The topological polar surface area (TPSA) is 111 Å². The Balaban J connectivity index is 1.32. The van der Waals surface area contributed by atoms with E-state index < -0.39 is 0 Å². The van der Waals surface area contributed by atoms with Crippen LogP contribution in [0.5, 0.6) is 5.75 Å². The fourth-order valence-electron chi connectivity index (χ4n) is 3.73. The number of benzene rings is 1. The van der Waals surface area contributed by atoms with Gasteiger partial charge in [0.15, 0.2) is 5.82 Å². The van der Waals surface area contributed by atoms with Crippen LogP contribution in [0.4, 0.5) is 0 Å². The lowest BCUT2D eigenvalue weighted by atomic mass is 10.1. The van der Waals surface area contributed by atoms with Gasteiger partial charge in [-0.1, -0.05) is 30.3 Å². The lowest BCUT2D eigenvalue weighted by molar-refractivity contribution is 0.0925. The summed E-state index contributed by atoms with van der Waals surface area (Å²) in [5, 5.41) is 14.6. The molecule has 1 atom stereocenters. The molecule has 0 saturated carbocycles. The number of pyridine rings is 1. The summed E-state index contributed by atoms with van der Waals surface area (Å²) >= 11 is 0. The first-order valence-electron chi connectivity index (χ1n) is 10.0. The van der Waals surface area contributed by atoms with E-state index in [2.05, 4.69) is 30.6 Å². The average Bonchev–Trinajstić information content (AvgIpc) is 3.47. The highest BCUT2D eigenvalue weighted by atomic mass is 16.5. The Kier molecular flexibility index (Phi) is 4.91. The van der Waals surface area contributed by atoms with Gasteiger partial charge in [-0.15, -0.1) is 0 Å². The minimum Gasteiger partial charge on any atom is -0.497 e. The molecule has 9 nitrogen and oxygen atoms in total. The standard InChI is InChI=1S/C22H21N7O2/c1-31-16-7-9-23-18(12-16)17-13-24-27-20(17)22(30)25-15-8-10-29-19(11-15)26-21(28-29)14-5-3-2-4-6-14/h2-7,9,12-13,15H,8,10-11H2,1H3,(H,24,27)(H,25,30). The number of fused-ring (bicyclic) bond motifs is 1. The van der Waals surface area contributed by atoms with E-state index in [9.17, 15) is 4.79 Å². The molecule has 0 radical (unpaired) electrons. The van der Waals surface area contributed by atoms with Crippen LogP contribution < -0.4 is 10.1 Å². The Bertz CT molecular complexity index is 1220. The zero-order valence-electron chi connectivity index (χ0n) is 16.9. The highest BCUT2D eigenvalue weighted by Gasteiger charge is 2.25. The van der Waals surface area contributed by atoms with Gasteiger partial charge in [0, 0.05) is 36.8 Å². The van der Waals surface area contributed by atoms with E-state index in [0.29, 0.717) is 41.5 Å². The molecule has 9 heteroatoms. The van der Waals surface area contributed by atoms with Crippen molar-refractivity contribution < 1.29 is 9.53 Å². The average molecular weight is 415 g/mol. The third-order valence-corrected chi connectivity index (χ3v) is 5.34. The van der Waals surface area contributed by atoms with E-state index in [1.807, 2.05) is 35.0 Å². The Labute approximate surface area is 178 Å². The first-order valence-corrected chi connectivity index (χ1v) is 10.0. The van der Waals surface area contributed by atoms with Gasteiger partial charge in [0.05, 0.1) is 24.6 Å². The van der Waals surface area contributed by atoms with Crippen LogP contribution in [0, 0.1) is 0 Å². The van der Waals surface area contributed by atoms with Crippen LogP contribution in [-0.4, -0.2) is 49.0 Å². The van der Waals surface area contributed by atoms with Crippen LogP contribution >= 0.6 is 0 Å². The zero-order chi connectivity index (χ0) is 21.2. The number of aromatic amines is 1. The van der Waals surface area contributed by atoms with Crippen LogP contribution in [0.3, 0.4) is 0 Å². The summed E-state index contributed by atoms with van der Waals surface area (Å²) in [4.78, 5) is 22.0. The number of aromatic nitrogens is 6. The van der Waals surface area contributed by atoms with Crippen molar-refractivity contribution in [3.63, 3.8) is 0 Å². The van der Waals surface area contributed by atoms with Crippen molar-refractivity contribution in [3.05, 3.63) is 66.4 Å². The summed E-state index contributed by atoms with van der Waals surface area (Å²) in [6, 6.07) is 13.4. The normalized spacial score (nSPS) is 15.3. The van der Waals surface area contributed by atoms with Crippen molar-refractivity contribution in [2.24, 2.45) is 0 Å². The largest absolute Gasteiger partial charge is 0.497 e. The molecule has 2 N–H and O–H groups in total. The molecule has 0 saturated heterocycles. The molecule has 1 aliphatic heterocycles. The van der Waals surface area contributed by atoms with E-state index in [0.717, 1.165) is 17.8 Å². The molecule has 4 heterocycles. The summed E-state index contributed by atoms with van der Waals surface area (Å²) in [5.41, 5.74) is 2.60. The van der Waals surface area contributed by atoms with E-state index in [4.69, 9.17) is 4.74 Å². The smallest absolute Gasteiger partial charge is 0.270 e. The van der Waals surface area contributed by atoms with E-state index in [1.165, 1.54) is 0 Å². The molecule has 156 valence electrons. The quantitative estimate of drug-likeness (QED) is 0.518. The molecule has 1 amide bonds. The zero-order valence-corrected chi connectivity index (χ0v) is 16.9. The number of hydrogen-bond donors (Lipinski definition) is 2. The van der Waals surface area contributed by atoms with Gasteiger partial charge in [0.1, 0.15) is 17.3 Å². The lowest BCUT2D eigenvalue weighted by Gasteiger charge is -2.23. The Morgan fingerprint density at radius 3 is 2.97 bits per heavy atom. The van der Waals surface area contributed by atoms with Crippen LogP contribution in [-0.2, 0) is 13.0 Å². The molecular weight excluding hydrogens is 394 g/mol. The summed E-state index contributed by atoms with van der Waals surface area (Å²) in [7, 11) is 1.59. The maximum Gasteiger partial charge on any atom is 0.270 e. The van der Waals surface area contributed by atoms with Crippen molar-refractivity contribution in [2.75, 3.05) is 7.11 Å². The maximum absolute atomic E-state index is 13.0. The predicted molar refractivity (Wildman–Crippen MR) is 113 cm³/mol. The number of carbonyl (C=O) groups excluding carboxylic acids is 1. The summed E-state index contributed by atoms with van der Waals surface area (Å²) in [6.07, 6.45) is 4.63. The number of carbonyl (C=O) groups is 1. The number of H-pyrrole nitrogens is 1. The van der Waals surface area contributed by atoms with Gasteiger partial charge in [-0.2, -0.15) is 10.2 Å². The molecule has 3 aromatic heterocycles. The van der Waals surface area contributed by atoms with Crippen molar-refractivity contribution in [2.45, 2.75) is 25.4 Å². The molecule has 1 unspecified atom stereocenters. The minimum absolute atomic E-state index is 0.0396. The van der Waals surface area contributed by atoms with Gasteiger partial charge in [0.25, 0.3) is 5.91 Å². The Morgan fingerprint density at radius 1 is 1.26 bits per heavy atom. The number of ether oxygens (including phenoxy) is 1. The maximum atomic E-state index is 13.0. The fourth-order valence-corrected chi connectivity index (χ4v) is 3.73. The highest BCUT2D eigenvalue weighted by Crippen LogP contribution is 2.24. The second kappa shape index (κ2) is 8.02. The van der Waals surface area contributed by atoms with Gasteiger partial charge in [-0.25, -0.2) is 9.67 Å². The van der Waals surface area contributed by atoms with Crippen LogP contribution in [0.25, 0.3) is 22.6 Å². The molecule has 0 aliphatic carbocycles. The first-order chi connectivity index (χ1) is 15.2. The number of nitrogens with one attached hydrogen (secondary N) is 2. The van der Waals surface area contributed by atoms with Gasteiger partial charge >= 0.3 is 0 Å². The minimum atomic E-state index is -0.224. The second-order valence-corrected chi connectivity index (χ2v) is 7.34. The third kappa shape index (κ3) is 3.77. The van der Waals surface area contributed by atoms with Crippen LogP contribution in [0.15, 0.2) is 54.9 Å². The number of hydrogen-bond acceptors (Lipinski definition) is 6. The van der Waals surface area contributed by atoms with Crippen molar-refractivity contribution in [1.29, 1.82) is 0 Å². The van der Waals surface area contributed by atoms with Gasteiger partial charge in [0.2, 0.25) is 0 Å². The second-order valence-electron chi connectivity index (χ2n) is 7.34. The van der Waals surface area contributed by atoms with E-state index >= 15 is 0 Å². The molecule has 1 aromatic carbocycles. The van der Waals surface area contributed by atoms with Gasteiger partial charge < -0.3 is 10.1 Å². The SMILES string of the molecule is COc1ccnc(-c2cn[nH]c2C(=O)NC2CCn3nc(-c4ccccc4)nc3C2)c1. The molecular formula is C22H21N7O2. The Morgan fingerprint density at radius 2 is 2.13 bits per heavy atom. The van der Waals surface area contributed by atoms with Crippen molar-refractivity contribution in [3.8, 4) is 28.4 Å². The number of amides is 1. The predicted octanol–water partition coefficient (Wildman–Crippen LogP) is 2.48. The molecule has 5 rings (SSSR count). The number of methoxy groups -OCH3 is 1. The molecule has 0 spiro atoms. The summed E-state index contributed by atoms with van der Waals surface area (Å²) < 4.78 is 7.18. The lowest BCUT2D eigenvalue weighted by Crippen LogP contribution is -2.40.